The number of hydrogen-bond acceptors (Lipinski definition) is 3. The fourth-order valence-corrected chi connectivity index (χ4v) is 1.12. The Labute approximate surface area is 75.9 Å². The molecular formula is C9H22N2O. The zero-order valence-corrected chi connectivity index (χ0v) is 8.76. The summed E-state index contributed by atoms with van der Waals surface area (Å²) in [6, 6.07) is 0. The molecule has 0 aromatic heterocycles. The molecule has 0 aromatic carbocycles. The van der Waals surface area contributed by atoms with Gasteiger partial charge in [-0.3, -0.25) is 0 Å². The van der Waals surface area contributed by atoms with Gasteiger partial charge in [0, 0.05) is 20.2 Å². The molecule has 0 heterocycles. The van der Waals surface area contributed by atoms with Crippen LogP contribution in [-0.2, 0) is 4.74 Å². The van der Waals surface area contributed by atoms with Crippen LogP contribution in [0.15, 0.2) is 0 Å². The van der Waals surface area contributed by atoms with Gasteiger partial charge in [-0.2, -0.15) is 0 Å². The highest BCUT2D eigenvalue weighted by Crippen LogP contribution is 2.13. The summed E-state index contributed by atoms with van der Waals surface area (Å²) in [7, 11) is 3.82. The van der Waals surface area contributed by atoms with Crippen LogP contribution in [0.2, 0.25) is 0 Å². The number of methoxy groups -OCH3 is 1. The normalized spacial score (nSPS) is 12.5. The molecule has 3 heteroatoms. The first kappa shape index (κ1) is 11.9. The fraction of sp³-hybridized carbons (Fsp3) is 1.00. The lowest BCUT2D eigenvalue weighted by atomic mass is 9.93. The van der Waals surface area contributed by atoms with Crippen LogP contribution in [0.1, 0.15) is 13.8 Å². The van der Waals surface area contributed by atoms with Gasteiger partial charge in [-0.05, 0) is 19.0 Å². The number of nitrogens with zero attached hydrogens (tertiary/aromatic N) is 1. The molecule has 3 nitrogen and oxygen atoms in total. The van der Waals surface area contributed by atoms with Crippen molar-refractivity contribution in [3.8, 4) is 0 Å². The van der Waals surface area contributed by atoms with E-state index in [2.05, 4.69) is 25.8 Å². The van der Waals surface area contributed by atoms with Crippen LogP contribution in [-0.4, -0.2) is 45.3 Å². The quantitative estimate of drug-likeness (QED) is 0.639. The minimum Gasteiger partial charge on any atom is -0.383 e. The monoisotopic (exact) mass is 174 g/mol. The number of hydrogen-bond donors (Lipinski definition) is 1. The van der Waals surface area contributed by atoms with Crippen LogP contribution in [0.5, 0.6) is 0 Å². The average Bonchev–Trinajstić information content (AvgIpc) is 2.00. The highest BCUT2D eigenvalue weighted by molar-refractivity contribution is 4.72. The maximum absolute atomic E-state index is 5.63. The summed E-state index contributed by atoms with van der Waals surface area (Å²) in [5.74, 6) is 0. The molecule has 0 aliphatic rings. The fourth-order valence-electron chi connectivity index (χ4n) is 1.12. The Morgan fingerprint density at radius 3 is 2.42 bits per heavy atom. The van der Waals surface area contributed by atoms with Crippen LogP contribution in [0.4, 0.5) is 0 Å². The van der Waals surface area contributed by atoms with Crippen LogP contribution >= 0.6 is 0 Å². The summed E-state index contributed by atoms with van der Waals surface area (Å²) >= 11 is 0. The standard InChI is InChI=1S/C9H22N2O/c1-9(2,7-10)8-11(3)5-6-12-4/h5-8,10H2,1-4H3. The summed E-state index contributed by atoms with van der Waals surface area (Å²) in [4.78, 5) is 2.25. The largest absolute Gasteiger partial charge is 0.383 e. The first-order valence-electron chi connectivity index (χ1n) is 4.39. The van der Waals surface area contributed by atoms with Gasteiger partial charge in [0.15, 0.2) is 0 Å². The van der Waals surface area contributed by atoms with Crippen LogP contribution in [0.25, 0.3) is 0 Å². The van der Waals surface area contributed by atoms with Crippen molar-refractivity contribution in [1.82, 2.24) is 4.90 Å². The average molecular weight is 174 g/mol. The Balaban J connectivity index is 3.60. The number of likely N-dealkylation sites (N-methyl/N-ethyl adjacent to an activating group) is 1. The molecular weight excluding hydrogens is 152 g/mol. The zero-order chi connectivity index (χ0) is 9.61. The van der Waals surface area contributed by atoms with E-state index in [-0.39, 0.29) is 5.41 Å². The Morgan fingerprint density at radius 1 is 1.42 bits per heavy atom. The number of ether oxygens (including phenoxy) is 1. The first-order chi connectivity index (χ1) is 5.52. The molecule has 0 saturated carbocycles. The van der Waals surface area contributed by atoms with Crippen molar-refractivity contribution in [2.45, 2.75) is 13.8 Å². The molecule has 0 spiro atoms. The second-order valence-electron chi connectivity index (χ2n) is 4.10. The van der Waals surface area contributed by atoms with Gasteiger partial charge in [-0.25, -0.2) is 0 Å². The summed E-state index contributed by atoms with van der Waals surface area (Å²) in [5, 5.41) is 0. The molecule has 74 valence electrons. The minimum atomic E-state index is 0.211. The minimum absolute atomic E-state index is 0.211. The third kappa shape index (κ3) is 5.52. The molecule has 0 bridgehead atoms. The van der Waals surface area contributed by atoms with E-state index in [1.807, 2.05) is 0 Å². The van der Waals surface area contributed by atoms with Gasteiger partial charge in [-0.15, -0.1) is 0 Å². The molecule has 0 fully saturated rings. The van der Waals surface area contributed by atoms with E-state index in [0.717, 1.165) is 26.2 Å². The lowest BCUT2D eigenvalue weighted by molar-refractivity contribution is 0.138. The van der Waals surface area contributed by atoms with Gasteiger partial charge in [-0.1, -0.05) is 13.8 Å². The van der Waals surface area contributed by atoms with Crippen molar-refractivity contribution in [3.63, 3.8) is 0 Å². The molecule has 0 aliphatic carbocycles. The van der Waals surface area contributed by atoms with Crippen LogP contribution in [0, 0.1) is 5.41 Å². The SMILES string of the molecule is COCCN(C)CC(C)(C)CN. The highest BCUT2D eigenvalue weighted by atomic mass is 16.5. The van der Waals surface area contributed by atoms with E-state index >= 15 is 0 Å². The Morgan fingerprint density at radius 2 is 2.00 bits per heavy atom. The van der Waals surface area contributed by atoms with Crippen molar-refractivity contribution in [2.24, 2.45) is 11.1 Å². The molecule has 12 heavy (non-hydrogen) atoms. The van der Waals surface area contributed by atoms with E-state index in [9.17, 15) is 0 Å². The summed E-state index contributed by atoms with van der Waals surface area (Å²) in [6.07, 6.45) is 0. The lowest BCUT2D eigenvalue weighted by Crippen LogP contribution is -2.38. The van der Waals surface area contributed by atoms with Crippen molar-refractivity contribution in [3.05, 3.63) is 0 Å². The second kappa shape index (κ2) is 5.51. The van der Waals surface area contributed by atoms with Crippen molar-refractivity contribution in [1.29, 1.82) is 0 Å². The molecule has 0 unspecified atom stereocenters. The first-order valence-corrected chi connectivity index (χ1v) is 4.39. The number of nitrogens with two attached hydrogens (primary N) is 1. The number of rotatable bonds is 6. The smallest absolute Gasteiger partial charge is 0.0589 e. The van der Waals surface area contributed by atoms with Crippen molar-refractivity contribution in [2.75, 3.05) is 40.4 Å². The predicted molar refractivity (Wildman–Crippen MR) is 52.2 cm³/mol. The van der Waals surface area contributed by atoms with Gasteiger partial charge in [0.1, 0.15) is 0 Å². The highest BCUT2D eigenvalue weighted by Gasteiger charge is 2.17. The molecule has 0 aromatic rings. The summed E-state index contributed by atoms with van der Waals surface area (Å²) in [5.41, 5.74) is 5.84. The molecule has 2 N–H and O–H groups in total. The van der Waals surface area contributed by atoms with Gasteiger partial charge in [0.05, 0.1) is 6.61 Å². The van der Waals surface area contributed by atoms with Gasteiger partial charge in [0.25, 0.3) is 0 Å². The Kier molecular flexibility index (Phi) is 5.46. The second-order valence-corrected chi connectivity index (χ2v) is 4.10. The predicted octanol–water partition coefficient (Wildman–Crippen LogP) is 0.550. The molecule has 0 atom stereocenters. The van der Waals surface area contributed by atoms with Crippen molar-refractivity contribution >= 4 is 0 Å². The molecule has 0 amide bonds. The maximum atomic E-state index is 5.63. The molecule has 0 rings (SSSR count). The molecule has 0 saturated heterocycles. The summed E-state index contributed by atoms with van der Waals surface area (Å²) in [6.45, 7) is 7.86. The topological polar surface area (TPSA) is 38.5 Å². The molecule has 0 aliphatic heterocycles. The Bertz CT molecular complexity index is 115. The van der Waals surface area contributed by atoms with Crippen molar-refractivity contribution < 1.29 is 4.74 Å². The van der Waals surface area contributed by atoms with Crippen LogP contribution < -0.4 is 5.73 Å². The lowest BCUT2D eigenvalue weighted by Gasteiger charge is -2.28. The van der Waals surface area contributed by atoms with E-state index < -0.39 is 0 Å². The Hall–Kier alpha value is -0.120. The van der Waals surface area contributed by atoms with E-state index in [1.54, 1.807) is 7.11 Å². The van der Waals surface area contributed by atoms with Crippen LogP contribution in [0.3, 0.4) is 0 Å². The summed E-state index contributed by atoms with van der Waals surface area (Å²) < 4.78 is 4.99. The van der Waals surface area contributed by atoms with E-state index in [4.69, 9.17) is 10.5 Å². The maximum Gasteiger partial charge on any atom is 0.0589 e. The van der Waals surface area contributed by atoms with E-state index in [1.165, 1.54) is 0 Å². The third-order valence-electron chi connectivity index (χ3n) is 1.93. The molecule has 0 radical (unpaired) electrons. The van der Waals surface area contributed by atoms with Gasteiger partial charge < -0.3 is 15.4 Å². The van der Waals surface area contributed by atoms with E-state index in [0.29, 0.717) is 0 Å². The van der Waals surface area contributed by atoms with Gasteiger partial charge in [0.2, 0.25) is 0 Å². The van der Waals surface area contributed by atoms with Gasteiger partial charge >= 0.3 is 0 Å². The zero-order valence-electron chi connectivity index (χ0n) is 8.76. The third-order valence-corrected chi connectivity index (χ3v) is 1.93.